The molecule has 2 aliphatic rings. The summed E-state index contributed by atoms with van der Waals surface area (Å²) in [5.74, 6) is -0.0735. The smallest absolute Gasteiger partial charge is 0.243 e. The second-order valence-electron chi connectivity index (χ2n) is 6.19. The SMILES string of the molecule is Cc1ccc(NCC(=O)NC2CC2)cc1S(=O)(=O)N1CCOCC1. The molecule has 24 heavy (non-hydrogen) atoms. The largest absolute Gasteiger partial charge is 0.379 e. The van der Waals surface area contributed by atoms with Gasteiger partial charge < -0.3 is 15.4 Å². The van der Waals surface area contributed by atoms with Gasteiger partial charge in [0.1, 0.15) is 0 Å². The highest BCUT2D eigenvalue weighted by atomic mass is 32.2. The highest BCUT2D eigenvalue weighted by molar-refractivity contribution is 7.89. The van der Waals surface area contributed by atoms with Crippen LogP contribution in [0.3, 0.4) is 0 Å². The predicted octanol–water partition coefficient (Wildman–Crippen LogP) is 0.706. The zero-order chi connectivity index (χ0) is 17.2. The molecule has 7 nitrogen and oxygen atoms in total. The monoisotopic (exact) mass is 353 g/mol. The van der Waals surface area contributed by atoms with Crippen LogP contribution in [-0.4, -0.2) is 57.5 Å². The first kappa shape index (κ1) is 17.2. The van der Waals surface area contributed by atoms with Crippen molar-refractivity contribution in [2.45, 2.75) is 30.7 Å². The highest BCUT2D eigenvalue weighted by Crippen LogP contribution is 2.24. The molecule has 1 saturated heterocycles. The van der Waals surface area contributed by atoms with Gasteiger partial charge in [0.2, 0.25) is 15.9 Å². The number of hydrogen-bond donors (Lipinski definition) is 2. The number of hydrogen-bond acceptors (Lipinski definition) is 5. The van der Waals surface area contributed by atoms with Crippen molar-refractivity contribution in [1.29, 1.82) is 0 Å². The molecule has 0 spiro atoms. The fourth-order valence-electron chi connectivity index (χ4n) is 2.60. The van der Waals surface area contributed by atoms with Crippen LogP contribution in [0.15, 0.2) is 23.1 Å². The molecular weight excluding hydrogens is 330 g/mol. The molecule has 2 fully saturated rings. The van der Waals surface area contributed by atoms with E-state index < -0.39 is 10.0 Å². The van der Waals surface area contributed by atoms with Gasteiger partial charge in [0, 0.05) is 24.8 Å². The Labute approximate surface area is 142 Å². The number of morpholine rings is 1. The van der Waals surface area contributed by atoms with E-state index in [1.54, 1.807) is 25.1 Å². The Bertz CT molecular complexity index is 710. The van der Waals surface area contributed by atoms with Crippen LogP contribution in [-0.2, 0) is 19.6 Å². The number of anilines is 1. The molecular formula is C16H23N3O4S. The number of rotatable bonds is 6. The first-order valence-electron chi connectivity index (χ1n) is 8.18. The third kappa shape index (κ3) is 4.06. The van der Waals surface area contributed by atoms with E-state index in [0.717, 1.165) is 12.8 Å². The van der Waals surface area contributed by atoms with E-state index >= 15 is 0 Å². The molecule has 8 heteroatoms. The summed E-state index contributed by atoms with van der Waals surface area (Å²) in [6, 6.07) is 5.46. The van der Waals surface area contributed by atoms with Gasteiger partial charge in [-0.25, -0.2) is 8.42 Å². The second kappa shape index (κ2) is 7.08. The van der Waals surface area contributed by atoms with E-state index in [4.69, 9.17) is 4.74 Å². The number of nitrogens with one attached hydrogen (secondary N) is 2. The predicted molar refractivity (Wildman–Crippen MR) is 90.4 cm³/mol. The minimum Gasteiger partial charge on any atom is -0.379 e. The van der Waals surface area contributed by atoms with Crippen molar-refractivity contribution >= 4 is 21.6 Å². The fourth-order valence-corrected chi connectivity index (χ4v) is 4.26. The Morgan fingerprint density at radius 2 is 2.00 bits per heavy atom. The zero-order valence-corrected chi connectivity index (χ0v) is 14.6. The van der Waals surface area contributed by atoms with Gasteiger partial charge in [0.05, 0.1) is 24.7 Å². The van der Waals surface area contributed by atoms with Gasteiger partial charge in [-0.2, -0.15) is 4.31 Å². The lowest BCUT2D eigenvalue weighted by Gasteiger charge is -2.27. The molecule has 1 saturated carbocycles. The molecule has 0 unspecified atom stereocenters. The number of benzene rings is 1. The Balaban J connectivity index is 1.71. The summed E-state index contributed by atoms with van der Waals surface area (Å²) in [5.41, 5.74) is 1.31. The summed E-state index contributed by atoms with van der Waals surface area (Å²) in [4.78, 5) is 12.0. The summed E-state index contributed by atoms with van der Waals surface area (Å²) in [6.45, 7) is 3.47. The van der Waals surface area contributed by atoms with Crippen LogP contribution >= 0.6 is 0 Å². The number of nitrogens with zero attached hydrogens (tertiary/aromatic N) is 1. The summed E-state index contributed by atoms with van der Waals surface area (Å²) < 4.78 is 32.3. The normalized spacial score (nSPS) is 19.0. The Morgan fingerprint density at radius 1 is 1.29 bits per heavy atom. The van der Waals surface area contributed by atoms with Crippen LogP contribution in [0.4, 0.5) is 5.69 Å². The van der Waals surface area contributed by atoms with Gasteiger partial charge in [0.15, 0.2) is 0 Å². The van der Waals surface area contributed by atoms with Crippen LogP contribution in [0.2, 0.25) is 0 Å². The Kier molecular flexibility index (Phi) is 5.07. The molecule has 0 radical (unpaired) electrons. The molecule has 0 aromatic heterocycles. The summed E-state index contributed by atoms with van der Waals surface area (Å²) in [6.07, 6.45) is 2.08. The van der Waals surface area contributed by atoms with Gasteiger partial charge in [-0.3, -0.25) is 4.79 Å². The number of aryl methyl sites for hydroxylation is 1. The molecule has 1 aromatic carbocycles. The van der Waals surface area contributed by atoms with Crippen molar-refractivity contribution in [1.82, 2.24) is 9.62 Å². The first-order valence-corrected chi connectivity index (χ1v) is 9.62. The van der Waals surface area contributed by atoms with Gasteiger partial charge in [0.25, 0.3) is 0 Å². The second-order valence-corrected chi connectivity index (χ2v) is 8.10. The molecule has 1 aliphatic heterocycles. The fraction of sp³-hybridized carbons (Fsp3) is 0.562. The van der Waals surface area contributed by atoms with Gasteiger partial charge in [-0.15, -0.1) is 0 Å². The number of sulfonamides is 1. The summed E-state index contributed by atoms with van der Waals surface area (Å²) >= 11 is 0. The minimum atomic E-state index is -3.55. The molecule has 0 atom stereocenters. The van der Waals surface area contributed by atoms with Crippen molar-refractivity contribution in [3.05, 3.63) is 23.8 Å². The van der Waals surface area contributed by atoms with Crippen molar-refractivity contribution in [3.8, 4) is 0 Å². The average Bonchev–Trinajstić information content (AvgIpc) is 3.38. The molecule has 1 aliphatic carbocycles. The van der Waals surface area contributed by atoms with E-state index in [-0.39, 0.29) is 17.3 Å². The van der Waals surface area contributed by atoms with E-state index in [1.165, 1.54) is 4.31 Å². The first-order chi connectivity index (χ1) is 11.5. The molecule has 3 rings (SSSR count). The molecule has 1 heterocycles. The van der Waals surface area contributed by atoms with Crippen molar-refractivity contribution < 1.29 is 17.9 Å². The average molecular weight is 353 g/mol. The maximum atomic E-state index is 12.8. The maximum Gasteiger partial charge on any atom is 0.243 e. The van der Waals surface area contributed by atoms with Gasteiger partial charge in [-0.05, 0) is 37.5 Å². The van der Waals surface area contributed by atoms with E-state index in [1.807, 2.05) is 0 Å². The molecule has 132 valence electrons. The van der Waals surface area contributed by atoms with Crippen molar-refractivity contribution in [2.24, 2.45) is 0 Å². The molecule has 2 N–H and O–H groups in total. The number of carbonyl (C=O) groups is 1. The van der Waals surface area contributed by atoms with Gasteiger partial charge >= 0.3 is 0 Å². The molecule has 1 aromatic rings. The summed E-state index contributed by atoms with van der Waals surface area (Å²) in [7, 11) is -3.55. The van der Waals surface area contributed by atoms with Crippen molar-refractivity contribution in [2.75, 3.05) is 38.2 Å². The van der Waals surface area contributed by atoms with E-state index in [0.29, 0.717) is 43.6 Å². The van der Waals surface area contributed by atoms with Crippen LogP contribution in [0, 0.1) is 6.92 Å². The third-order valence-electron chi connectivity index (χ3n) is 4.17. The molecule has 1 amide bonds. The standard InChI is InChI=1S/C16H23N3O4S/c1-12-2-3-14(17-11-16(20)18-13-4-5-13)10-15(12)24(21,22)19-6-8-23-9-7-19/h2-3,10,13,17H,4-9,11H2,1H3,(H,18,20). The lowest BCUT2D eigenvalue weighted by Crippen LogP contribution is -2.40. The Morgan fingerprint density at radius 3 is 2.67 bits per heavy atom. The Hall–Kier alpha value is -1.64. The van der Waals surface area contributed by atoms with Crippen molar-refractivity contribution in [3.63, 3.8) is 0 Å². The number of carbonyl (C=O) groups excluding carboxylic acids is 1. The maximum absolute atomic E-state index is 12.8. The quantitative estimate of drug-likeness (QED) is 0.786. The topological polar surface area (TPSA) is 87.7 Å². The molecule has 0 bridgehead atoms. The summed E-state index contributed by atoms with van der Waals surface area (Å²) in [5, 5.41) is 5.89. The number of ether oxygens (including phenoxy) is 1. The highest BCUT2D eigenvalue weighted by Gasteiger charge is 2.28. The number of amides is 1. The zero-order valence-electron chi connectivity index (χ0n) is 13.7. The van der Waals surface area contributed by atoms with Crippen LogP contribution in [0.5, 0.6) is 0 Å². The van der Waals surface area contributed by atoms with E-state index in [2.05, 4.69) is 10.6 Å². The van der Waals surface area contributed by atoms with Crippen LogP contribution in [0.25, 0.3) is 0 Å². The minimum absolute atomic E-state index is 0.0735. The van der Waals surface area contributed by atoms with Crippen LogP contribution < -0.4 is 10.6 Å². The third-order valence-corrected chi connectivity index (χ3v) is 6.21. The van der Waals surface area contributed by atoms with Crippen LogP contribution in [0.1, 0.15) is 18.4 Å². The van der Waals surface area contributed by atoms with E-state index in [9.17, 15) is 13.2 Å². The van der Waals surface area contributed by atoms with Gasteiger partial charge in [-0.1, -0.05) is 6.07 Å². The lowest BCUT2D eigenvalue weighted by molar-refractivity contribution is -0.119. The lowest BCUT2D eigenvalue weighted by atomic mass is 10.2.